The summed E-state index contributed by atoms with van der Waals surface area (Å²) in [5.74, 6) is 1.06. The maximum atomic E-state index is 12.5. The highest BCUT2D eigenvalue weighted by atomic mass is 16.2. The highest BCUT2D eigenvalue weighted by Crippen LogP contribution is 2.07. The molecule has 2 aromatic heterocycles. The van der Waals surface area contributed by atoms with Crippen molar-refractivity contribution in [3.63, 3.8) is 0 Å². The number of aromatic nitrogens is 4. The molecule has 0 aliphatic heterocycles. The second kappa shape index (κ2) is 5.63. The van der Waals surface area contributed by atoms with Gasteiger partial charge in [-0.25, -0.2) is 9.78 Å². The van der Waals surface area contributed by atoms with Crippen molar-refractivity contribution in [2.45, 2.75) is 26.9 Å². The molecule has 0 unspecified atom stereocenters. The number of aromatic amines is 1. The molecule has 0 radical (unpaired) electrons. The lowest BCUT2D eigenvalue weighted by molar-refractivity contribution is 0.400. The molecule has 6 nitrogen and oxygen atoms in total. The summed E-state index contributed by atoms with van der Waals surface area (Å²) in [4.78, 5) is 31.6. The van der Waals surface area contributed by atoms with Crippen molar-refractivity contribution in [1.82, 2.24) is 19.1 Å². The van der Waals surface area contributed by atoms with Gasteiger partial charge < -0.3 is 9.55 Å². The molecule has 0 saturated carbocycles. The quantitative estimate of drug-likeness (QED) is 0.794. The van der Waals surface area contributed by atoms with E-state index in [4.69, 9.17) is 0 Å². The fourth-order valence-electron chi connectivity index (χ4n) is 2.67. The van der Waals surface area contributed by atoms with Crippen LogP contribution in [0.15, 0.2) is 46.2 Å². The van der Waals surface area contributed by atoms with Crippen molar-refractivity contribution in [2.75, 3.05) is 0 Å². The summed E-state index contributed by atoms with van der Waals surface area (Å²) < 4.78 is 3.30. The van der Waals surface area contributed by atoms with Gasteiger partial charge in [0.25, 0.3) is 5.56 Å². The first-order valence-corrected chi connectivity index (χ1v) is 7.26. The molecule has 114 valence electrons. The van der Waals surface area contributed by atoms with Crippen LogP contribution in [-0.2, 0) is 13.1 Å². The summed E-state index contributed by atoms with van der Waals surface area (Å²) >= 11 is 0. The monoisotopic (exact) mass is 298 g/mol. The van der Waals surface area contributed by atoms with Crippen LogP contribution in [0.25, 0.3) is 10.9 Å². The number of H-pyrrole nitrogens is 1. The van der Waals surface area contributed by atoms with Crippen molar-refractivity contribution in [3.8, 4) is 0 Å². The molecule has 0 bridgehead atoms. The molecule has 22 heavy (non-hydrogen) atoms. The molecule has 1 N–H and O–H groups in total. The van der Waals surface area contributed by atoms with Crippen LogP contribution in [0.1, 0.15) is 12.7 Å². The summed E-state index contributed by atoms with van der Waals surface area (Å²) in [5.41, 5.74) is -0.0293. The van der Waals surface area contributed by atoms with Crippen molar-refractivity contribution in [3.05, 3.63) is 63.3 Å². The van der Waals surface area contributed by atoms with Gasteiger partial charge in [-0.2, -0.15) is 0 Å². The predicted octanol–water partition coefficient (Wildman–Crippen LogP) is 1.53. The minimum absolute atomic E-state index is 0.132. The lowest BCUT2D eigenvalue weighted by Gasteiger charge is -2.14. The van der Waals surface area contributed by atoms with Gasteiger partial charge in [0, 0.05) is 25.5 Å². The first-order chi connectivity index (χ1) is 10.6. The average molecular weight is 298 g/mol. The van der Waals surface area contributed by atoms with Crippen molar-refractivity contribution >= 4 is 10.9 Å². The van der Waals surface area contributed by atoms with Gasteiger partial charge in [-0.1, -0.05) is 19.1 Å². The number of fused-ring (bicyclic) bond motifs is 1. The Balaban J connectivity index is 1.92. The summed E-state index contributed by atoms with van der Waals surface area (Å²) in [6.45, 7) is 5.03. The molecular weight excluding hydrogens is 280 g/mol. The van der Waals surface area contributed by atoms with E-state index in [1.54, 1.807) is 30.5 Å². The van der Waals surface area contributed by atoms with E-state index in [1.807, 2.05) is 24.6 Å². The third-order valence-corrected chi connectivity index (χ3v) is 3.82. The Hall–Kier alpha value is -2.63. The molecule has 0 aliphatic carbocycles. The van der Waals surface area contributed by atoms with Gasteiger partial charge in [-0.3, -0.25) is 9.36 Å². The van der Waals surface area contributed by atoms with Crippen LogP contribution in [0.3, 0.4) is 0 Å². The maximum absolute atomic E-state index is 12.5. The number of hydrogen-bond acceptors (Lipinski definition) is 3. The molecule has 3 aromatic rings. The number of nitrogens with zero attached hydrogens (tertiary/aromatic N) is 3. The smallest absolute Gasteiger partial charge is 0.328 e. The number of rotatable bonds is 4. The van der Waals surface area contributed by atoms with Crippen molar-refractivity contribution < 1.29 is 0 Å². The highest BCUT2D eigenvalue weighted by molar-refractivity contribution is 5.76. The molecule has 3 rings (SSSR count). The molecule has 1 aromatic carbocycles. The van der Waals surface area contributed by atoms with Gasteiger partial charge in [0.05, 0.1) is 10.9 Å². The lowest BCUT2D eigenvalue weighted by Crippen LogP contribution is -2.37. The number of hydrogen-bond donors (Lipinski definition) is 1. The van der Waals surface area contributed by atoms with Crippen molar-refractivity contribution in [1.29, 1.82) is 0 Å². The fraction of sp³-hybridized carbons (Fsp3) is 0.312. The van der Waals surface area contributed by atoms with Gasteiger partial charge >= 0.3 is 5.69 Å². The zero-order valence-electron chi connectivity index (χ0n) is 12.6. The Morgan fingerprint density at radius 3 is 2.73 bits per heavy atom. The molecule has 0 amide bonds. The van der Waals surface area contributed by atoms with E-state index >= 15 is 0 Å². The van der Waals surface area contributed by atoms with E-state index in [1.165, 1.54) is 4.57 Å². The Labute approximate surface area is 127 Å². The zero-order valence-corrected chi connectivity index (χ0v) is 12.6. The summed E-state index contributed by atoms with van der Waals surface area (Å²) in [5, 5.41) is 0.535. The van der Waals surface area contributed by atoms with E-state index in [0.29, 0.717) is 24.0 Å². The van der Waals surface area contributed by atoms with Crippen LogP contribution in [-0.4, -0.2) is 19.1 Å². The Kier molecular flexibility index (Phi) is 3.66. The molecule has 0 fully saturated rings. The second-order valence-electron chi connectivity index (χ2n) is 5.62. The average Bonchev–Trinajstić information content (AvgIpc) is 2.89. The fourth-order valence-corrected chi connectivity index (χ4v) is 2.67. The first-order valence-electron chi connectivity index (χ1n) is 7.26. The minimum Gasteiger partial charge on any atom is -0.335 e. The second-order valence-corrected chi connectivity index (χ2v) is 5.62. The highest BCUT2D eigenvalue weighted by Gasteiger charge is 2.12. The van der Waals surface area contributed by atoms with Crippen LogP contribution in [0.4, 0.5) is 0 Å². The predicted molar refractivity (Wildman–Crippen MR) is 85.0 cm³/mol. The summed E-state index contributed by atoms with van der Waals surface area (Å²) in [7, 11) is 0. The third-order valence-electron chi connectivity index (χ3n) is 3.82. The number of imidazole rings is 1. The standard InChI is InChI=1S/C16H18N4O2/c1-11(9-19-8-7-17-12(19)2)10-20-15(21)13-5-3-4-6-14(13)18-16(20)22/h3-8,11H,9-10H2,1-2H3,(H,18,22)/t11-/m1/s1. The Bertz CT molecular complexity index is 920. The van der Waals surface area contributed by atoms with Gasteiger partial charge in [-0.05, 0) is 25.0 Å². The van der Waals surface area contributed by atoms with E-state index in [-0.39, 0.29) is 17.2 Å². The van der Waals surface area contributed by atoms with Crippen molar-refractivity contribution in [2.24, 2.45) is 5.92 Å². The minimum atomic E-state index is -0.363. The van der Waals surface area contributed by atoms with E-state index < -0.39 is 0 Å². The van der Waals surface area contributed by atoms with Crippen LogP contribution in [0, 0.1) is 12.8 Å². The maximum Gasteiger partial charge on any atom is 0.328 e. The third kappa shape index (κ3) is 2.59. The molecule has 0 saturated heterocycles. The Morgan fingerprint density at radius 1 is 1.23 bits per heavy atom. The van der Waals surface area contributed by atoms with E-state index in [0.717, 1.165) is 5.82 Å². The molecule has 0 aliphatic rings. The SMILES string of the molecule is Cc1nccn1C[C@@H](C)Cn1c(=O)[nH]c2ccccc2c1=O. The van der Waals surface area contributed by atoms with Gasteiger partial charge in [0.15, 0.2) is 0 Å². The summed E-state index contributed by atoms with van der Waals surface area (Å²) in [6.07, 6.45) is 3.65. The zero-order chi connectivity index (χ0) is 15.7. The lowest BCUT2D eigenvalue weighted by atomic mass is 10.1. The van der Waals surface area contributed by atoms with E-state index in [9.17, 15) is 9.59 Å². The number of aryl methyl sites for hydroxylation is 1. The molecule has 6 heteroatoms. The van der Waals surface area contributed by atoms with Gasteiger partial charge in [0.1, 0.15) is 5.82 Å². The molecule has 2 heterocycles. The first kappa shape index (κ1) is 14.3. The Morgan fingerprint density at radius 2 is 2.00 bits per heavy atom. The number of nitrogens with one attached hydrogen (secondary N) is 1. The largest absolute Gasteiger partial charge is 0.335 e. The van der Waals surface area contributed by atoms with Crippen LogP contribution in [0.2, 0.25) is 0 Å². The molecule has 1 atom stereocenters. The topological polar surface area (TPSA) is 72.7 Å². The van der Waals surface area contributed by atoms with Crippen LogP contribution < -0.4 is 11.2 Å². The van der Waals surface area contributed by atoms with Crippen LogP contribution in [0.5, 0.6) is 0 Å². The molecule has 0 spiro atoms. The normalized spacial score (nSPS) is 12.6. The molecular formula is C16H18N4O2. The number of para-hydroxylation sites is 1. The van der Waals surface area contributed by atoms with Crippen LogP contribution >= 0.6 is 0 Å². The van der Waals surface area contributed by atoms with Gasteiger partial charge in [0.2, 0.25) is 0 Å². The van der Waals surface area contributed by atoms with E-state index in [2.05, 4.69) is 9.97 Å². The number of benzene rings is 1. The van der Waals surface area contributed by atoms with Gasteiger partial charge in [-0.15, -0.1) is 0 Å². The summed E-state index contributed by atoms with van der Waals surface area (Å²) in [6, 6.07) is 7.06.